The van der Waals surface area contributed by atoms with Crippen molar-refractivity contribution in [3.8, 4) is 17.6 Å². The number of pyridine rings is 1. The number of carbonyl (C=O) groups excluding carboxylic acids is 1. The molecule has 0 spiro atoms. The number of nitro groups is 1. The van der Waals surface area contributed by atoms with Gasteiger partial charge in [-0.2, -0.15) is 0 Å². The summed E-state index contributed by atoms with van der Waals surface area (Å²) in [6, 6.07) is 15.5. The summed E-state index contributed by atoms with van der Waals surface area (Å²) in [5.74, 6) is 6.60. The Bertz CT molecular complexity index is 1500. The molecule has 0 unspecified atom stereocenters. The van der Waals surface area contributed by atoms with Gasteiger partial charge in [0.2, 0.25) is 0 Å². The summed E-state index contributed by atoms with van der Waals surface area (Å²) >= 11 is 1.42. The molecule has 0 saturated carbocycles. The van der Waals surface area contributed by atoms with Gasteiger partial charge in [0.1, 0.15) is 11.4 Å². The quantitative estimate of drug-likeness (QED) is 0.238. The summed E-state index contributed by atoms with van der Waals surface area (Å²) in [6.07, 6.45) is 1.68. The Balaban J connectivity index is 1.29. The number of anilines is 1. The smallest absolute Gasteiger partial charge is 0.270 e. The fourth-order valence-corrected chi connectivity index (χ4v) is 4.99. The van der Waals surface area contributed by atoms with Crippen molar-refractivity contribution >= 4 is 38.3 Å². The van der Waals surface area contributed by atoms with Crippen molar-refractivity contribution in [3.63, 3.8) is 0 Å². The molecular formula is C26H21N5O4S. The Labute approximate surface area is 211 Å². The van der Waals surface area contributed by atoms with Gasteiger partial charge >= 0.3 is 0 Å². The van der Waals surface area contributed by atoms with E-state index in [0.717, 1.165) is 15.3 Å². The summed E-state index contributed by atoms with van der Waals surface area (Å²) in [5.41, 5.74) is 2.59. The number of amides is 1. The number of non-ortho nitro benzene ring substituents is 1. The molecule has 0 radical (unpaired) electrons. The van der Waals surface area contributed by atoms with E-state index in [2.05, 4.69) is 26.7 Å². The standard InChI is InChI=1S/C26H21N5O4S/c1-35-23-10-6-19(16-18(23)5-7-20-4-2-3-11-27-20)25(32)29-12-14-30(15-13-29)26-28-22-9-8-21(31(33)34)17-24(22)36-26/h2-4,6,8-11,16-17H,12-15H2,1H3. The van der Waals surface area contributed by atoms with Crippen LogP contribution >= 0.6 is 11.3 Å². The lowest BCUT2D eigenvalue weighted by Crippen LogP contribution is -2.48. The second kappa shape index (κ2) is 10.0. The third kappa shape index (κ3) is 4.82. The number of rotatable bonds is 4. The third-order valence-corrected chi connectivity index (χ3v) is 6.92. The maximum atomic E-state index is 13.2. The van der Waals surface area contributed by atoms with Crippen molar-refractivity contribution in [2.24, 2.45) is 0 Å². The molecule has 1 aliphatic heterocycles. The number of hydrogen-bond acceptors (Lipinski definition) is 8. The van der Waals surface area contributed by atoms with Crippen molar-refractivity contribution < 1.29 is 14.5 Å². The van der Waals surface area contributed by atoms with Crippen LogP contribution in [-0.4, -0.2) is 59.0 Å². The molecule has 0 N–H and O–H groups in total. The third-order valence-electron chi connectivity index (χ3n) is 5.85. The van der Waals surface area contributed by atoms with Crippen LogP contribution in [0.5, 0.6) is 5.75 Å². The highest BCUT2D eigenvalue weighted by Crippen LogP contribution is 2.32. The number of fused-ring (bicyclic) bond motifs is 1. The van der Waals surface area contributed by atoms with Gasteiger partial charge in [-0.15, -0.1) is 0 Å². The molecule has 0 bridgehead atoms. The zero-order valence-corrected chi connectivity index (χ0v) is 20.2. The Hall–Kier alpha value is -4.49. The first-order valence-electron chi connectivity index (χ1n) is 11.2. The van der Waals surface area contributed by atoms with E-state index in [0.29, 0.717) is 48.7 Å². The number of thiazole rings is 1. The minimum absolute atomic E-state index is 0.0525. The molecule has 1 saturated heterocycles. The molecule has 1 amide bonds. The lowest BCUT2D eigenvalue weighted by molar-refractivity contribution is -0.384. The Kier molecular flexibility index (Phi) is 6.47. The van der Waals surface area contributed by atoms with Crippen LogP contribution < -0.4 is 9.64 Å². The number of benzene rings is 2. The van der Waals surface area contributed by atoms with Crippen molar-refractivity contribution in [1.82, 2.24) is 14.9 Å². The number of methoxy groups -OCH3 is 1. The van der Waals surface area contributed by atoms with Crippen molar-refractivity contribution in [3.05, 3.63) is 87.7 Å². The van der Waals surface area contributed by atoms with Gasteiger partial charge in [0, 0.05) is 50.1 Å². The fourth-order valence-electron chi connectivity index (χ4n) is 3.94. The number of carbonyl (C=O) groups is 1. The van der Waals surface area contributed by atoms with Crippen LogP contribution in [0.25, 0.3) is 10.2 Å². The lowest BCUT2D eigenvalue weighted by Gasteiger charge is -2.34. The Morgan fingerprint density at radius 3 is 2.64 bits per heavy atom. The lowest BCUT2D eigenvalue weighted by atomic mass is 10.1. The fraction of sp³-hybridized carbons (Fsp3) is 0.192. The number of nitro benzene ring substituents is 1. The largest absolute Gasteiger partial charge is 0.495 e. The molecule has 36 heavy (non-hydrogen) atoms. The molecule has 0 aliphatic carbocycles. The summed E-state index contributed by atoms with van der Waals surface area (Å²) in [5, 5.41) is 11.9. The first kappa shape index (κ1) is 23.3. The van der Waals surface area contributed by atoms with E-state index in [1.807, 2.05) is 23.1 Å². The Morgan fingerprint density at radius 2 is 1.92 bits per heavy atom. The topological polar surface area (TPSA) is 102 Å². The zero-order chi connectivity index (χ0) is 25.1. The highest BCUT2D eigenvalue weighted by atomic mass is 32.1. The van der Waals surface area contributed by atoms with Gasteiger partial charge in [0.15, 0.2) is 5.13 Å². The molecule has 9 nitrogen and oxygen atoms in total. The maximum absolute atomic E-state index is 13.2. The normalized spacial score (nSPS) is 13.2. The molecular weight excluding hydrogens is 478 g/mol. The molecule has 3 heterocycles. The van der Waals surface area contributed by atoms with Gasteiger partial charge in [0.05, 0.1) is 27.8 Å². The monoisotopic (exact) mass is 499 g/mol. The summed E-state index contributed by atoms with van der Waals surface area (Å²) in [7, 11) is 1.57. The number of piperazine rings is 1. The molecule has 10 heteroatoms. The molecule has 1 aliphatic rings. The van der Waals surface area contributed by atoms with Crippen LogP contribution in [0.1, 0.15) is 21.6 Å². The first-order valence-corrected chi connectivity index (χ1v) is 12.0. The number of ether oxygens (including phenoxy) is 1. The van der Waals surface area contributed by atoms with Crippen LogP contribution in [0.4, 0.5) is 10.8 Å². The SMILES string of the molecule is COc1ccc(C(=O)N2CCN(c3nc4ccc([N+](=O)[O-])cc4s3)CC2)cc1C#Cc1ccccn1. The van der Waals surface area contributed by atoms with Crippen molar-refractivity contribution in [2.45, 2.75) is 0 Å². The van der Waals surface area contributed by atoms with E-state index in [1.165, 1.54) is 17.4 Å². The molecule has 2 aromatic heterocycles. The van der Waals surface area contributed by atoms with Gasteiger partial charge < -0.3 is 14.5 Å². The van der Waals surface area contributed by atoms with Crippen LogP contribution in [0.2, 0.25) is 0 Å². The van der Waals surface area contributed by atoms with Crippen LogP contribution in [0, 0.1) is 22.0 Å². The van der Waals surface area contributed by atoms with Crippen LogP contribution in [0.15, 0.2) is 60.8 Å². The summed E-state index contributed by atoms with van der Waals surface area (Å²) in [6.45, 7) is 2.32. The minimum Gasteiger partial charge on any atom is -0.495 e. The van der Waals surface area contributed by atoms with Gasteiger partial charge in [-0.05, 0) is 42.3 Å². The molecule has 4 aromatic rings. The number of nitrogens with zero attached hydrogens (tertiary/aromatic N) is 5. The van der Waals surface area contributed by atoms with Gasteiger partial charge in [-0.3, -0.25) is 14.9 Å². The highest BCUT2D eigenvalue weighted by Gasteiger charge is 2.25. The van der Waals surface area contributed by atoms with E-state index in [-0.39, 0.29) is 11.6 Å². The zero-order valence-electron chi connectivity index (χ0n) is 19.4. The maximum Gasteiger partial charge on any atom is 0.270 e. The highest BCUT2D eigenvalue weighted by molar-refractivity contribution is 7.22. The molecule has 1 fully saturated rings. The number of hydrogen-bond donors (Lipinski definition) is 0. The molecule has 2 aromatic carbocycles. The number of aromatic nitrogens is 2. The summed E-state index contributed by atoms with van der Waals surface area (Å²) in [4.78, 5) is 36.6. The van der Waals surface area contributed by atoms with Crippen molar-refractivity contribution in [2.75, 3.05) is 38.2 Å². The van der Waals surface area contributed by atoms with E-state index < -0.39 is 4.92 Å². The van der Waals surface area contributed by atoms with Gasteiger partial charge in [-0.1, -0.05) is 23.3 Å². The average molecular weight is 500 g/mol. The van der Waals surface area contributed by atoms with Gasteiger partial charge in [-0.25, -0.2) is 9.97 Å². The van der Waals surface area contributed by atoms with E-state index in [9.17, 15) is 14.9 Å². The first-order chi connectivity index (χ1) is 17.5. The second-order valence-corrected chi connectivity index (χ2v) is 9.07. The average Bonchev–Trinajstić information content (AvgIpc) is 3.35. The second-order valence-electron chi connectivity index (χ2n) is 8.06. The van der Waals surface area contributed by atoms with Gasteiger partial charge in [0.25, 0.3) is 11.6 Å². The summed E-state index contributed by atoms with van der Waals surface area (Å²) < 4.78 is 6.20. The van der Waals surface area contributed by atoms with Crippen LogP contribution in [0.3, 0.4) is 0 Å². The van der Waals surface area contributed by atoms with E-state index >= 15 is 0 Å². The minimum atomic E-state index is -0.405. The molecule has 180 valence electrons. The predicted molar refractivity (Wildman–Crippen MR) is 138 cm³/mol. The van der Waals surface area contributed by atoms with E-state index in [4.69, 9.17) is 4.74 Å². The predicted octanol–water partition coefficient (Wildman–Crippen LogP) is 3.97. The molecule has 0 atom stereocenters. The van der Waals surface area contributed by atoms with Crippen molar-refractivity contribution in [1.29, 1.82) is 0 Å². The molecule has 5 rings (SSSR count). The van der Waals surface area contributed by atoms with E-state index in [1.54, 1.807) is 43.6 Å². The Morgan fingerprint density at radius 1 is 1.08 bits per heavy atom. The van der Waals surface area contributed by atoms with Crippen LogP contribution in [-0.2, 0) is 0 Å².